The molecule has 5 nitrogen and oxygen atoms in total. The molecule has 0 aliphatic carbocycles. The van der Waals surface area contributed by atoms with E-state index >= 15 is 0 Å². The lowest BCUT2D eigenvalue weighted by atomic mass is 10.1. The van der Waals surface area contributed by atoms with Crippen LogP contribution in [0.4, 0.5) is 5.69 Å². The molecule has 0 bridgehead atoms. The van der Waals surface area contributed by atoms with E-state index in [1.165, 1.54) is 11.5 Å². The van der Waals surface area contributed by atoms with Crippen LogP contribution in [0.2, 0.25) is 0 Å². The highest BCUT2D eigenvalue weighted by molar-refractivity contribution is 7.09. The third-order valence-electron chi connectivity index (χ3n) is 2.78. The molecule has 2 aromatic heterocycles. The van der Waals surface area contributed by atoms with Crippen molar-refractivity contribution in [2.24, 2.45) is 0 Å². The normalized spacial score (nSPS) is 10.5. The Morgan fingerprint density at radius 2 is 2.00 bits per heavy atom. The summed E-state index contributed by atoms with van der Waals surface area (Å²) < 4.78 is 5.74. The molecule has 0 amide bonds. The first kappa shape index (κ1) is 11.6. The third kappa shape index (κ3) is 2.13. The van der Waals surface area contributed by atoms with Crippen LogP contribution >= 0.6 is 11.5 Å². The van der Waals surface area contributed by atoms with Gasteiger partial charge in [-0.05, 0) is 35.8 Å². The van der Waals surface area contributed by atoms with Crippen molar-refractivity contribution in [3.05, 3.63) is 65.1 Å². The molecule has 0 spiro atoms. The van der Waals surface area contributed by atoms with Crippen molar-refractivity contribution < 1.29 is 4.92 Å². The molecule has 0 saturated heterocycles. The quantitative estimate of drug-likeness (QED) is 0.541. The standard InChI is InChI=1S/C13H9N3O2S/c17-16(18)12-9-10(13-5-6-14-19-13)3-4-11(12)15-7-1-2-8-15/h1-9H. The zero-order valence-electron chi connectivity index (χ0n) is 9.76. The minimum absolute atomic E-state index is 0.0853. The van der Waals surface area contributed by atoms with Crippen LogP contribution < -0.4 is 0 Å². The van der Waals surface area contributed by atoms with Crippen LogP contribution in [0.5, 0.6) is 0 Å². The van der Waals surface area contributed by atoms with Gasteiger partial charge in [0.1, 0.15) is 5.69 Å². The van der Waals surface area contributed by atoms with Gasteiger partial charge in [0.05, 0.1) is 9.80 Å². The van der Waals surface area contributed by atoms with Gasteiger partial charge in [-0.25, -0.2) is 4.37 Å². The molecule has 1 aromatic carbocycles. The molecular weight excluding hydrogens is 262 g/mol. The van der Waals surface area contributed by atoms with Gasteiger partial charge in [-0.1, -0.05) is 6.07 Å². The Balaban J connectivity index is 2.15. The second kappa shape index (κ2) is 4.66. The third-order valence-corrected chi connectivity index (χ3v) is 3.57. The van der Waals surface area contributed by atoms with E-state index in [4.69, 9.17) is 0 Å². The van der Waals surface area contributed by atoms with Crippen LogP contribution in [-0.4, -0.2) is 13.9 Å². The van der Waals surface area contributed by atoms with E-state index < -0.39 is 0 Å². The molecule has 0 fully saturated rings. The number of hydrogen-bond donors (Lipinski definition) is 0. The molecule has 2 heterocycles. The fraction of sp³-hybridized carbons (Fsp3) is 0. The zero-order valence-corrected chi connectivity index (χ0v) is 10.6. The summed E-state index contributed by atoms with van der Waals surface area (Å²) in [5, 5.41) is 11.2. The van der Waals surface area contributed by atoms with Crippen molar-refractivity contribution in [1.29, 1.82) is 0 Å². The molecule has 6 heteroatoms. The van der Waals surface area contributed by atoms with Gasteiger partial charge in [-0.2, -0.15) is 0 Å². The van der Waals surface area contributed by atoms with Crippen LogP contribution in [0.25, 0.3) is 16.1 Å². The predicted octanol–water partition coefficient (Wildman–Crippen LogP) is 3.51. The minimum atomic E-state index is -0.361. The van der Waals surface area contributed by atoms with Crippen LogP contribution in [0.1, 0.15) is 0 Å². The highest BCUT2D eigenvalue weighted by Gasteiger charge is 2.16. The molecular formula is C13H9N3O2S. The van der Waals surface area contributed by atoms with Gasteiger partial charge in [0.2, 0.25) is 0 Å². The number of hydrogen-bond acceptors (Lipinski definition) is 4. The van der Waals surface area contributed by atoms with E-state index in [1.807, 2.05) is 24.3 Å². The van der Waals surface area contributed by atoms with Gasteiger partial charge in [-0.3, -0.25) is 10.1 Å². The number of nitro groups is 1. The van der Waals surface area contributed by atoms with Crippen molar-refractivity contribution in [2.45, 2.75) is 0 Å². The van der Waals surface area contributed by atoms with Gasteiger partial charge in [0.15, 0.2) is 0 Å². The first-order valence-electron chi connectivity index (χ1n) is 5.58. The lowest BCUT2D eigenvalue weighted by Gasteiger charge is -2.05. The maximum absolute atomic E-state index is 11.2. The average molecular weight is 271 g/mol. The Morgan fingerprint density at radius 1 is 1.21 bits per heavy atom. The maximum Gasteiger partial charge on any atom is 0.293 e. The monoisotopic (exact) mass is 271 g/mol. The number of nitrogens with zero attached hydrogens (tertiary/aromatic N) is 3. The smallest absolute Gasteiger partial charge is 0.293 e. The summed E-state index contributed by atoms with van der Waals surface area (Å²) in [5.74, 6) is 0. The Labute approximate surface area is 113 Å². The summed E-state index contributed by atoms with van der Waals surface area (Å²) in [6.45, 7) is 0. The summed E-state index contributed by atoms with van der Waals surface area (Å²) in [7, 11) is 0. The van der Waals surface area contributed by atoms with Gasteiger partial charge >= 0.3 is 0 Å². The van der Waals surface area contributed by atoms with Crippen LogP contribution in [-0.2, 0) is 0 Å². The van der Waals surface area contributed by atoms with Crippen LogP contribution in [0, 0.1) is 10.1 Å². The SMILES string of the molecule is O=[N+]([O-])c1cc(-c2ccns2)ccc1-n1cccc1. The molecule has 94 valence electrons. The molecule has 0 N–H and O–H groups in total. The zero-order chi connectivity index (χ0) is 13.2. The van der Waals surface area contributed by atoms with Crippen molar-refractivity contribution in [2.75, 3.05) is 0 Å². The fourth-order valence-corrected chi connectivity index (χ4v) is 2.49. The van der Waals surface area contributed by atoms with Gasteiger partial charge in [0, 0.05) is 30.2 Å². The lowest BCUT2D eigenvalue weighted by Crippen LogP contribution is -1.98. The molecule has 0 aliphatic heterocycles. The number of aromatic nitrogens is 2. The topological polar surface area (TPSA) is 61.0 Å². The Morgan fingerprint density at radius 3 is 2.63 bits per heavy atom. The molecule has 3 aromatic rings. The molecule has 19 heavy (non-hydrogen) atoms. The highest BCUT2D eigenvalue weighted by atomic mass is 32.1. The van der Waals surface area contributed by atoms with Gasteiger partial charge in [0.25, 0.3) is 5.69 Å². The van der Waals surface area contributed by atoms with Gasteiger partial charge in [-0.15, -0.1) is 0 Å². The van der Waals surface area contributed by atoms with Crippen LogP contribution in [0.15, 0.2) is 55.0 Å². The van der Waals surface area contributed by atoms with Crippen molar-refractivity contribution >= 4 is 17.2 Å². The van der Waals surface area contributed by atoms with Crippen molar-refractivity contribution in [1.82, 2.24) is 8.94 Å². The largest absolute Gasteiger partial charge is 0.318 e. The summed E-state index contributed by atoms with van der Waals surface area (Å²) >= 11 is 1.32. The molecule has 0 unspecified atom stereocenters. The Bertz CT molecular complexity index is 706. The highest BCUT2D eigenvalue weighted by Crippen LogP contribution is 2.31. The van der Waals surface area contributed by atoms with E-state index in [0.717, 1.165) is 10.4 Å². The fourth-order valence-electron chi connectivity index (χ4n) is 1.90. The maximum atomic E-state index is 11.2. The number of benzene rings is 1. The van der Waals surface area contributed by atoms with E-state index in [1.54, 1.807) is 35.3 Å². The second-order valence-electron chi connectivity index (χ2n) is 3.93. The number of rotatable bonds is 3. The van der Waals surface area contributed by atoms with Crippen molar-refractivity contribution in [3.63, 3.8) is 0 Å². The molecule has 3 rings (SSSR count). The first-order chi connectivity index (χ1) is 9.25. The predicted molar refractivity (Wildman–Crippen MR) is 73.5 cm³/mol. The summed E-state index contributed by atoms with van der Waals surface area (Å²) in [4.78, 5) is 11.8. The van der Waals surface area contributed by atoms with E-state index in [2.05, 4.69) is 4.37 Å². The molecule has 0 aliphatic rings. The second-order valence-corrected chi connectivity index (χ2v) is 4.76. The van der Waals surface area contributed by atoms with E-state index in [-0.39, 0.29) is 10.6 Å². The first-order valence-corrected chi connectivity index (χ1v) is 6.36. The Hall–Kier alpha value is -2.47. The van der Waals surface area contributed by atoms with E-state index in [9.17, 15) is 10.1 Å². The minimum Gasteiger partial charge on any atom is -0.318 e. The number of nitro benzene ring substituents is 1. The average Bonchev–Trinajstić information content (AvgIpc) is 3.11. The molecule has 0 atom stereocenters. The molecule has 0 radical (unpaired) electrons. The Kier molecular flexibility index (Phi) is 2.85. The van der Waals surface area contributed by atoms with Crippen LogP contribution in [0.3, 0.4) is 0 Å². The van der Waals surface area contributed by atoms with E-state index in [0.29, 0.717) is 5.69 Å². The lowest BCUT2D eigenvalue weighted by molar-refractivity contribution is -0.384. The summed E-state index contributed by atoms with van der Waals surface area (Å²) in [6.07, 6.45) is 5.26. The molecule has 0 saturated carbocycles. The van der Waals surface area contributed by atoms with Crippen molar-refractivity contribution in [3.8, 4) is 16.1 Å². The summed E-state index contributed by atoms with van der Waals surface area (Å²) in [6, 6.07) is 10.7. The summed E-state index contributed by atoms with van der Waals surface area (Å²) in [5.41, 5.74) is 1.45. The van der Waals surface area contributed by atoms with Gasteiger partial charge < -0.3 is 4.57 Å².